The van der Waals surface area contributed by atoms with E-state index in [0.29, 0.717) is 5.56 Å². The maximum absolute atomic E-state index is 14.0. The number of benzene rings is 2. The molecule has 204 valence electrons. The summed E-state index contributed by atoms with van der Waals surface area (Å²) in [6, 6.07) is 4.90. The molecule has 3 aliphatic carbocycles. The van der Waals surface area contributed by atoms with Crippen LogP contribution in [0.5, 0.6) is 17.2 Å². The van der Waals surface area contributed by atoms with E-state index in [-0.39, 0.29) is 41.4 Å². The minimum absolute atomic E-state index is 0.0599. The van der Waals surface area contributed by atoms with Gasteiger partial charge in [-0.25, -0.2) is 0 Å². The van der Waals surface area contributed by atoms with Crippen molar-refractivity contribution in [1.29, 1.82) is 5.26 Å². The van der Waals surface area contributed by atoms with Crippen LogP contribution in [0.3, 0.4) is 0 Å². The van der Waals surface area contributed by atoms with Crippen molar-refractivity contribution in [1.82, 2.24) is 10.4 Å². The van der Waals surface area contributed by atoms with Gasteiger partial charge in [0.15, 0.2) is 23.1 Å². The van der Waals surface area contributed by atoms with Crippen molar-refractivity contribution >= 4 is 40.1 Å². The van der Waals surface area contributed by atoms with E-state index < -0.39 is 79.4 Å². The first-order valence-corrected chi connectivity index (χ1v) is 12.2. The molecule has 3 aromatic rings. The van der Waals surface area contributed by atoms with Crippen LogP contribution in [0.15, 0.2) is 33.9 Å². The van der Waals surface area contributed by atoms with Gasteiger partial charge in [-0.05, 0) is 29.9 Å². The van der Waals surface area contributed by atoms with Crippen molar-refractivity contribution in [2.45, 2.75) is 18.3 Å². The molecule has 5 N–H and O–H groups in total. The summed E-state index contributed by atoms with van der Waals surface area (Å²) in [5.41, 5.74) is -2.53. The molecule has 0 saturated carbocycles. The predicted octanol–water partition coefficient (Wildman–Crippen LogP) is 1.26. The van der Waals surface area contributed by atoms with Gasteiger partial charge < -0.3 is 25.0 Å². The number of H-pyrrole nitrogens is 1. The Hall–Kier alpha value is -5.77. The second-order valence-corrected chi connectivity index (χ2v) is 9.70. The molecule has 0 aliphatic heterocycles. The number of rotatable bonds is 4. The number of ketones is 4. The van der Waals surface area contributed by atoms with Gasteiger partial charge in [-0.1, -0.05) is 6.07 Å². The highest BCUT2D eigenvalue weighted by molar-refractivity contribution is 6.38. The van der Waals surface area contributed by atoms with Crippen molar-refractivity contribution in [3.8, 4) is 23.3 Å². The summed E-state index contributed by atoms with van der Waals surface area (Å²) >= 11 is 0. The van der Waals surface area contributed by atoms with Gasteiger partial charge in [-0.15, -0.1) is 0 Å². The Labute approximate surface area is 229 Å². The minimum Gasteiger partial charge on any atom is -0.507 e. The summed E-state index contributed by atoms with van der Waals surface area (Å²) in [7, 11) is 1.13. The molecule has 13 heteroatoms. The fourth-order valence-corrected chi connectivity index (χ4v) is 6.02. The summed E-state index contributed by atoms with van der Waals surface area (Å²) in [6.45, 7) is -0.0599. The number of hydrogen-bond acceptors (Lipinski definition) is 12. The van der Waals surface area contributed by atoms with Crippen LogP contribution >= 0.6 is 0 Å². The number of aromatic nitrogens is 1. The average molecular weight is 554 g/mol. The molecule has 2 aromatic carbocycles. The zero-order chi connectivity index (χ0) is 29.4. The lowest BCUT2D eigenvalue weighted by Crippen LogP contribution is -2.36. The molecule has 13 nitrogen and oxygen atoms in total. The summed E-state index contributed by atoms with van der Waals surface area (Å²) < 4.78 is 4.90. The number of nitrogens with one attached hydrogen (secondary N) is 2. The number of hydrogen-bond donors (Lipinski definition) is 5. The Morgan fingerprint density at radius 1 is 1.05 bits per heavy atom. The van der Waals surface area contributed by atoms with Gasteiger partial charge in [0.1, 0.15) is 29.2 Å². The molecule has 6 rings (SSSR count). The largest absolute Gasteiger partial charge is 0.507 e. The first-order chi connectivity index (χ1) is 19.6. The fraction of sp³-hybridized carbons (Fsp3) is 0.179. The lowest BCUT2D eigenvalue weighted by atomic mass is 9.76. The second-order valence-electron chi connectivity index (χ2n) is 9.70. The third kappa shape index (κ3) is 3.15. The van der Waals surface area contributed by atoms with E-state index in [1.165, 1.54) is 12.3 Å². The fourth-order valence-electron chi connectivity index (χ4n) is 6.02. The number of pyridine rings is 1. The summed E-state index contributed by atoms with van der Waals surface area (Å²) in [4.78, 5) is 69.2. The first kappa shape index (κ1) is 25.5. The van der Waals surface area contributed by atoms with Gasteiger partial charge in [-0.3, -0.25) is 29.4 Å². The molecule has 3 aliphatic rings. The highest BCUT2D eigenvalue weighted by Crippen LogP contribution is 2.57. The number of aromatic amines is 1. The smallest absolute Gasteiger partial charge is 0.260 e. The number of phenols is 3. The molecule has 0 bridgehead atoms. The van der Waals surface area contributed by atoms with Gasteiger partial charge >= 0.3 is 0 Å². The van der Waals surface area contributed by atoms with Gasteiger partial charge in [-0.2, -0.15) is 10.4 Å². The predicted molar refractivity (Wildman–Crippen MR) is 140 cm³/mol. The lowest BCUT2D eigenvalue weighted by Gasteiger charge is -2.22. The Balaban J connectivity index is 1.55. The Morgan fingerprint density at radius 2 is 1.73 bits per heavy atom. The molecule has 0 saturated heterocycles. The number of aryl methyl sites for hydroxylation is 1. The van der Waals surface area contributed by atoms with Crippen molar-refractivity contribution in [2.75, 3.05) is 13.7 Å². The number of allylic oxidation sites excluding steroid dienone is 2. The number of methoxy groups -OCH3 is 1. The third-order valence-electron chi connectivity index (χ3n) is 7.71. The standard InChI is InChI=1S/C28H18N4O9/c1-41-14-8-13(33)16-17(21(14)34)23(36)19-18(22(16)35)25(38)28(26(19)39)3-2-10-6-11-7-12(9-31-30-5-4-29)32-27(40)15(11)24(37)20(10)28/h6-9,30,35-37H,2-3,5H2,1H3,(H,32,40). The first-order valence-electron chi connectivity index (χ1n) is 12.2. The zero-order valence-corrected chi connectivity index (χ0v) is 21.1. The molecule has 1 aromatic heterocycles. The summed E-state index contributed by atoms with van der Waals surface area (Å²) in [5.74, 6) is -6.79. The van der Waals surface area contributed by atoms with E-state index in [4.69, 9.17) is 10.00 Å². The zero-order valence-electron chi connectivity index (χ0n) is 21.1. The molecular weight excluding hydrogens is 536 g/mol. The van der Waals surface area contributed by atoms with Gasteiger partial charge in [0, 0.05) is 11.6 Å². The van der Waals surface area contributed by atoms with Crippen LogP contribution in [0.25, 0.3) is 10.8 Å². The van der Waals surface area contributed by atoms with Crippen LogP contribution in [-0.2, 0) is 16.6 Å². The number of carbonyl (C=O) groups is 4. The average Bonchev–Trinajstić information content (AvgIpc) is 3.43. The van der Waals surface area contributed by atoms with E-state index in [9.17, 15) is 39.3 Å². The molecule has 1 atom stereocenters. The van der Waals surface area contributed by atoms with E-state index in [1.54, 1.807) is 6.07 Å². The minimum atomic E-state index is -2.12. The topological polar surface area (TPSA) is 219 Å². The van der Waals surface area contributed by atoms with Crippen LogP contribution in [0, 0.1) is 11.3 Å². The maximum Gasteiger partial charge on any atom is 0.260 e. The molecular formula is C28H18N4O9. The van der Waals surface area contributed by atoms with Crippen LogP contribution in [0.1, 0.15) is 64.7 Å². The van der Waals surface area contributed by atoms with Crippen molar-refractivity contribution in [2.24, 2.45) is 5.10 Å². The van der Waals surface area contributed by atoms with Crippen molar-refractivity contribution < 1.29 is 39.2 Å². The van der Waals surface area contributed by atoms with Crippen LogP contribution in [0.2, 0.25) is 0 Å². The van der Waals surface area contributed by atoms with E-state index in [0.717, 1.165) is 13.2 Å². The number of nitrogens with zero attached hydrogens (tertiary/aromatic N) is 2. The monoisotopic (exact) mass is 554 g/mol. The maximum atomic E-state index is 14.0. The molecule has 41 heavy (non-hydrogen) atoms. The SMILES string of the molecule is COC1=CC(=O)c2c(O)c3c(c(O)c2C1=O)C(=O)C1(CCc2cc4cc(C=NNCC#N)[nH]c(=O)c4c(O)c21)C3=O. The van der Waals surface area contributed by atoms with Gasteiger partial charge in [0.05, 0.1) is 52.7 Å². The van der Waals surface area contributed by atoms with Gasteiger partial charge in [0.25, 0.3) is 5.56 Å². The number of aromatic hydroxyl groups is 3. The molecule has 1 heterocycles. The quantitative estimate of drug-likeness (QED) is 0.0772. The number of fused-ring (bicyclic) bond motifs is 5. The lowest BCUT2D eigenvalue weighted by molar-refractivity contribution is 0.0790. The van der Waals surface area contributed by atoms with Crippen LogP contribution in [0.4, 0.5) is 0 Å². The molecule has 1 spiro atoms. The Kier molecular flexibility index (Phi) is 5.36. The molecule has 0 radical (unpaired) electrons. The number of carbonyl (C=O) groups excluding carboxylic acids is 4. The van der Waals surface area contributed by atoms with Crippen LogP contribution in [-0.4, -0.2) is 63.3 Å². The summed E-state index contributed by atoms with van der Waals surface area (Å²) in [5, 5.41) is 46.0. The van der Waals surface area contributed by atoms with Gasteiger partial charge in [0.2, 0.25) is 5.78 Å². The second kappa shape index (κ2) is 8.62. The number of Topliss-reactive ketones (excluding diaryl/α,β-unsaturated/α-hetero) is 3. The Bertz CT molecular complexity index is 1980. The highest BCUT2D eigenvalue weighted by atomic mass is 16.5. The van der Waals surface area contributed by atoms with E-state index in [2.05, 4.69) is 15.5 Å². The van der Waals surface area contributed by atoms with Crippen molar-refractivity contribution in [3.63, 3.8) is 0 Å². The number of nitriles is 1. The van der Waals surface area contributed by atoms with Crippen molar-refractivity contribution in [3.05, 3.63) is 73.4 Å². The number of ether oxygens (including phenoxy) is 1. The third-order valence-corrected chi connectivity index (χ3v) is 7.71. The Morgan fingerprint density at radius 3 is 2.39 bits per heavy atom. The number of phenolic OH excluding ortho intramolecular Hbond substituents is 3. The normalized spacial score (nSPS) is 19.0. The molecule has 0 fully saturated rings. The highest BCUT2D eigenvalue weighted by Gasteiger charge is 2.61. The summed E-state index contributed by atoms with van der Waals surface area (Å²) in [6.07, 6.45) is 2.01. The van der Waals surface area contributed by atoms with E-state index >= 15 is 0 Å². The molecule has 1 unspecified atom stereocenters. The molecule has 0 amide bonds. The van der Waals surface area contributed by atoms with Crippen LogP contribution < -0.4 is 11.0 Å². The number of hydrazone groups is 1. The van der Waals surface area contributed by atoms with E-state index in [1.807, 2.05) is 6.07 Å².